The molecule has 1 aromatic heterocycles. The first kappa shape index (κ1) is 15.9. The summed E-state index contributed by atoms with van der Waals surface area (Å²) in [5.41, 5.74) is 0.427. The Morgan fingerprint density at radius 2 is 1.82 bits per heavy atom. The third kappa shape index (κ3) is 3.38. The molecule has 0 bridgehead atoms. The lowest BCUT2D eigenvalue weighted by molar-refractivity contribution is 0.0991. The van der Waals surface area contributed by atoms with Crippen molar-refractivity contribution in [3.05, 3.63) is 36.1 Å². The van der Waals surface area contributed by atoms with Gasteiger partial charge in [0.25, 0.3) is 15.9 Å². The maximum Gasteiger partial charge on any atom is 0.291 e. The first-order valence-electron chi connectivity index (χ1n) is 6.01. The number of hydrogen-bond donors (Lipinski definition) is 2. The van der Waals surface area contributed by atoms with Crippen LogP contribution < -0.4 is 19.9 Å². The highest BCUT2D eigenvalue weighted by Gasteiger charge is 2.18. The molecule has 1 amide bonds. The van der Waals surface area contributed by atoms with Crippen molar-refractivity contribution in [1.82, 2.24) is 0 Å². The summed E-state index contributed by atoms with van der Waals surface area (Å²) < 4.78 is 37.3. The molecule has 0 saturated heterocycles. The number of hydrogen-bond acceptors (Lipinski definition) is 6. The zero-order valence-corrected chi connectivity index (χ0v) is 12.6. The molecule has 9 heteroatoms. The number of furan rings is 1. The lowest BCUT2D eigenvalue weighted by Crippen LogP contribution is -2.12. The molecule has 0 aliphatic carbocycles. The SMILES string of the molecule is COc1ccc(NC(=O)c2ccc(S(N)(=O)=O)o2)cc1OC. The van der Waals surface area contributed by atoms with Crippen molar-refractivity contribution >= 4 is 21.6 Å². The van der Waals surface area contributed by atoms with Gasteiger partial charge in [-0.1, -0.05) is 0 Å². The number of anilines is 1. The molecule has 3 N–H and O–H groups in total. The molecule has 0 atom stereocenters. The minimum absolute atomic E-state index is 0.182. The maximum atomic E-state index is 12.0. The van der Waals surface area contributed by atoms with Crippen LogP contribution in [-0.2, 0) is 10.0 Å². The van der Waals surface area contributed by atoms with Crippen molar-refractivity contribution in [2.45, 2.75) is 5.09 Å². The molecule has 118 valence electrons. The van der Waals surface area contributed by atoms with Gasteiger partial charge in [-0.25, -0.2) is 13.6 Å². The van der Waals surface area contributed by atoms with Gasteiger partial charge in [0, 0.05) is 11.8 Å². The monoisotopic (exact) mass is 326 g/mol. The Kier molecular flexibility index (Phi) is 4.38. The summed E-state index contributed by atoms with van der Waals surface area (Å²) in [5, 5.41) is 6.97. The summed E-state index contributed by atoms with van der Waals surface area (Å²) in [5.74, 6) is 0.140. The lowest BCUT2D eigenvalue weighted by Gasteiger charge is -2.09. The number of sulfonamides is 1. The first-order chi connectivity index (χ1) is 10.3. The standard InChI is InChI=1S/C13H14N2O6S/c1-19-9-4-3-8(7-11(9)20-2)15-13(16)10-5-6-12(21-10)22(14,17)18/h3-7H,1-2H3,(H,15,16)(H2,14,17,18). The highest BCUT2D eigenvalue weighted by Crippen LogP contribution is 2.30. The van der Waals surface area contributed by atoms with E-state index in [-0.39, 0.29) is 5.76 Å². The van der Waals surface area contributed by atoms with E-state index >= 15 is 0 Å². The summed E-state index contributed by atoms with van der Waals surface area (Å²) in [6.07, 6.45) is 0. The Labute approximate surface area is 126 Å². The van der Waals surface area contributed by atoms with Gasteiger partial charge >= 0.3 is 0 Å². The predicted molar refractivity (Wildman–Crippen MR) is 77.6 cm³/mol. The van der Waals surface area contributed by atoms with E-state index in [4.69, 9.17) is 19.0 Å². The van der Waals surface area contributed by atoms with E-state index in [0.717, 1.165) is 6.07 Å². The van der Waals surface area contributed by atoms with E-state index in [1.54, 1.807) is 18.2 Å². The third-order valence-electron chi connectivity index (χ3n) is 2.73. The number of carbonyl (C=O) groups excluding carboxylic acids is 1. The number of methoxy groups -OCH3 is 2. The molecular weight excluding hydrogens is 312 g/mol. The molecule has 0 saturated carbocycles. The zero-order valence-electron chi connectivity index (χ0n) is 11.8. The van der Waals surface area contributed by atoms with Crippen LogP contribution in [0.25, 0.3) is 0 Å². The van der Waals surface area contributed by atoms with Gasteiger partial charge in [-0.3, -0.25) is 4.79 Å². The summed E-state index contributed by atoms with van der Waals surface area (Å²) >= 11 is 0. The minimum Gasteiger partial charge on any atom is -0.493 e. The number of benzene rings is 1. The summed E-state index contributed by atoms with van der Waals surface area (Å²) in [6.45, 7) is 0. The Balaban J connectivity index is 2.20. The van der Waals surface area contributed by atoms with E-state index in [9.17, 15) is 13.2 Å². The van der Waals surface area contributed by atoms with Crippen LogP contribution in [-0.4, -0.2) is 28.5 Å². The summed E-state index contributed by atoms with van der Waals surface area (Å²) in [6, 6.07) is 7.10. The van der Waals surface area contributed by atoms with Gasteiger partial charge in [-0.2, -0.15) is 0 Å². The number of primary sulfonamides is 1. The van der Waals surface area contributed by atoms with E-state index in [0.29, 0.717) is 17.2 Å². The number of amides is 1. The molecule has 0 unspecified atom stereocenters. The fraction of sp³-hybridized carbons (Fsp3) is 0.154. The van der Waals surface area contributed by atoms with Crippen LogP contribution in [0.3, 0.4) is 0 Å². The molecule has 0 radical (unpaired) electrons. The van der Waals surface area contributed by atoms with Crippen LogP contribution in [0, 0.1) is 0 Å². The van der Waals surface area contributed by atoms with Gasteiger partial charge in [0.15, 0.2) is 17.3 Å². The smallest absolute Gasteiger partial charge is 0.291 e. The van der Waals surface area contributed by atoms with E-state index in [1.807, 2.05) is 0 Å². The van der Waals surface area contributed by atoms with Crippen LogP contribution in [0.2, 0.25) is 0 Å². The highest BCUT2D eigenvalue weighted by molar-refractivity contribution is 7.89. The average Bonchev–Trinajstić information content (AvgIpc) is 2.97. The fourth-order valence-corrected chi connectivity index (χ4v) is 2.17. The zero-order chi connectivity index (χ0) is 16.3. The lowest BCUT2D eigenvalue weighted by atomic mass is 10.2. The number of nitrogens with two attached hydrogens (primary N) is 1. The molecule has 0 aliphatic rings. The number of ether oxygens (including phenoxy) is 2. The highest BCUT2D eigenvalue weighted by atomic mass is 32.2. The first-order valence-corrected chi connectivity index (χ1v) is 7.56. The minimum atomic E-state index is -3.99. The topological polar surface area (TPSA) is 121 Å². The van der Waals surface area contributed by atoms with Gasteiger partial charge in [0.1, 0.15) is 0 Å². The van der Waals surface area contributed by atoms with Crippen molar-refractivity contribution in [3.8, 4) is 11.5 Å². The Morgan fingerprint density at radius 3 is 2.36 bits per heavy atom. The molecule has 8 nitrogen and oxygen atoms in total. The molecule has 2 rings (SSSR count). The van der Waals surface area contributed by atoms with E-state index in [2.05, 4.69) is 5.32 Å². The second-order valence-corrected chi connectivity index (χ2v) is 5.68. The van der Waals surface area contributed by atoms with Gasteiger partial charge < -0.3 is 19.2 Å². The van der Waals surface area contributed by atoms with Crippen LogP contribution >= 0.6 is 0 Å². The average molecular weight is 326 g/mol. The van der Waals surface area contributed by atoms with Crippen LogP contribution in [0.5, 0.6) is 11.5 Å². The molecule has 2 aromatic rings. The van der Waals surface area contributed by atoms with E-state index in [1.165, 1.54) is 20.3 Å². The van der Waals surface area contributed by atoms with Crippen molar-refractivity contribution in [2.24, 2.45) is 5.14 Å². The molecule has 22 heavy (non-hydrogen) atoms. The van der Waals surface area contributed by atoms with Crippen molar-refractivity contribution in [3.63, 3.8) is 0 Å². The van der Waals surface area contributed by atoms with Crippen molar-refractivity contribution in [1.29, 1.82) is 0 Å². The summed E-state index contributed by atoms with van der Waals surface area (Å²) in [7, 11) is -1.03. The van der Waals surface area contributed by atoms with Gasteiger partial charge in [0.2, 0.25) is 5.09 Å². The van der Waals surface area contributed by atoms with Crippen LogP contribution in [0.15, 0.2) is 39.8 Å². The van der Waals surface area contributed by atoms with E-state index < -0.39 is 21.0 Å². The molecule has 0 aliphatic heterocycles. The van der Waals surface area contributed by atoms with Gasteiger partial charge in [-0.15, -0.1) is 0 Å². The van der Waals surface area contributed by atoms with Crippen LogP contribution in [0.1, 0.15) is 10.6 Å². The molecular formula is C13H14N2O6S. The molecule has 1 heterocycles. The molecule has 1 aromatic carbocycles. The number of carbonyl (C=O) groups is 1. The second-order valence-electron chi connectivity index (χ2n) is 4.19. The Bertz CT molecular complexity index is 797. The largest absolute Gasteiger partial charge is 0.493 e. The number of nitrogens with one attached hydrogen (secondary N) is 1. The maximum absolute atomic E-state index is 12.0. The third-order valence-corrected chi connectivity index (χ3v) is 3.51. The van der Waals surface area contributed by atoms with Crippen LogP contribution in [0.4, 0.5) is 5.69 Å². The van der Waals surface area contributed by atoms with Gasteiger partial charge in [-0.05, 0) is 24.3 Å². The Morgan fingerprint density at radius 1 is 1.14 bits per heavy atom. The summed E-state index contributed by atoms with van der Waals surface area (Å²) in [4.78, 5) is 12.0. The quantitative estimate of drug-likeness (QED) is 0.851. The normalized spacial score (nSPS) is 11.0. The van der Waals surface area contributed by atoms with Crippen molar-refractivity contribution < 1.29 is 27.1 Å². The fourth-order valence-electron chi connectivity index (χ4n) is 1.70. The second kappa shape index (κ2) is 6.08. The molecule has 0 spiro atoms. The molecule has 0 fully saturated rings. The Hall–Kier alpha value is -2.52. The van der Waals surface area contributed by atoms with Crippen molar-refractivity contribution in [2.75, 3.05) is 19.5 Å². The van der Waals surface area contributed by atoms with Gasteiger partial charge in [0.05, 0.1) is 14.2 Å². The predicted octanol–water partition coefficient (Wildman–Crippen LogP) is 1.20. The number of rotatable bonds is 5.